The first kappa shape index (κ1) is 13.1. The van der Waals surface area contributed by atoms with E-state index in [0.717, 1.165) is 11.3 Å². The molecule has 100 valence electrons. The Balaban J connectivity index is 2.56. The molecule has 2 rings (SSSR count). The summed E-state index contributed by atoms with van der Waals surface area (Å²) in [4.78, 5) is 10.9. The van der Waals surface area contributed by atoms with Gasteiger partial charge in [0.05, 0.1) is 11.3 Å². The van der Waals surface area contributed by atoms with Gasteiger partial charge in [-0.2, -0.15) is 5.10 Å². The molecule has 1 aromatic heterocycles. The smallest absolute Gasteiger partial charge is 0.335 e. The third-order valence-electron chi connectivity index (χ3n) is 2.94. The molecule has 0 radical (unpaired) electrons. The molecule has 0 saturated carbocycles. The lowest BCUT2D eigenvalue weighted by atomic mass is 9.98. The highest BCUT2D eigenvalue weighted by atomic mass is 16.4. The third kappa shape index (κ3) is 2.45. The van der Waals surface area contributed by atoms with Crippen molar-refractivity contribution in [3.8, 4) is 16.9 Å². The highest BCUT2D eigenvalue weighted by molar-refractivity contribution is 5.89. The van der Waals surface area contributed by atoms with E-state index >= 15 is 0 Å². The van der Waals surface area contributed by atoms with Crippen molar-refractivity contribution < 1.29 is 15.0 Å². The molecule has 0 spiro atoms. The predicted octanol–water partition coefficient (Wildman–Crippen LogP) is 2.61. The van der Waals surface area contributed by atoms with Gasteiger partial charge in [-0.3, -0.25) is 4.68 Å². The van der Waals surface area contributed by atoms with Gasteiger partial charge in [-0.15, -0.1) is 0 Å². The Morgan fingerprint density at radius 1 is 1.32 bits per heavy atom. The van der Waals surface area contributed by atoms with Crippen molar-refractivity contribution >= 4 is 5.97 Å². The minimum absolute atomic E-state index is 0.0465. The minimum Gasteiger partial charge on any atom is -0.507 e. The van der Waals surface area contributed by atoms with Crippen molar-refractivity contribution in [1.82, 2.24) is 9.78 Å². The number of phenols is 1. The van der Waals surface area contributed by atoms with E-state index in [0.29, 0.717) is 5.56 Å². The average Bonchev–Trinajstić information content (AvgIpc) is 2.71. The van der Waals surface area contributed by atoms with Gasteiger partial charge < -0.3 is 10.2 Å². The van der Waals surface area contributed by atoms with E-state index in [1.807, 2.05) is 27.1 Å². The summed E-state index contributed by atoms with van der Waals surface area (Å²) in [6, 6.07) is 4.35. The van der Waals surface area contributed by atoms with Gasteiger partial charge in [0, 0.05) is 24.4 Å². The van der Waals surface area contributed by atoms with Crippen molar-refractivity contribution in [3.05, 3.63) is 35.7 Å². The number of carboxylic acid groups (broad SMARTS) is 1. The molecule has 1 heterocycles. The Hall–Kier alpha value is -2.30. The van der Waals surface area contributed by atoms with Gasteiger partial charge in [0.25, 0.3) is 0 Å². The number of hydrogen-bond donors (Lipinski definition) is 2. The molecule has 1 aromatic carbocycles. The van der Waals surface area contributed by atoms with Crippen LogP contribution in [0.25, 0.3) is 11.1 Å². The molecule has 0 saturated heterocycles. The number of aryl methyl sites for hydroxylation is 1. The normalized spacial score (nSPS) is 10.9. The van der Waals surface area contributed by atoms with Crippen LogP contribution in [0.1, 0.15) is 35.8 Å². The summed E-state index contributed by atoms with van der Waals surface area (Å²) >= 11 is 0. The number of aromatic carboxylic acids is 1. The second-order valence-electron chi connectivity index (χ2n) is 4.79. The maximum Gasteiger partial charge on any atom is 0.335 e. The van der Waals surface area contributed by atoms with Crippen LogP contribution in [0.2, 0.25) is 0 Å². The number of phenolic OH excluding ortho intramolecular Hbond substituents is 1. The largest absolute Gasteiger partial charge is 0.507 e. The Bertz CT molecular complexity index is 630. The molecular weight excluding hydrogens is 244 g/mol. The summed E-state index contributed by atoms with van der Waals surface area (Å²) in [5.41, 5.74) is 2.37. The molecule has 5 nitrogen and oxygen atoms in total. The van der Waals surface area contributed by atoms with Crippen LogP contribution < -0.4 is 0 Å². The zero-order valence-corrected chi connectivity index (χ0v) is 11.1. The van der Waals surface area contributed by atoms with Crippen LogP contribution in [0.5, 0.6) is 5.75 Å². The quantitative estimate of drug-likeness (QED) is 0.889. The predicted molar refractivity (Wildman–Crippen MR) is 71.4 cm³/mol. The average molecular weight is 260 g/mol. The SMILES string of the molecule is CC(C)c1nn(C)cc1-c1ccc(C(=O)O)cc1O. The van der Waals surface area contributed by atoms with Gasteiger partial charge in [0.15, 0.2) is 0 Å². The molecule has 19 heavy (non-hydrogen) atoms. The fourth-order valence-corrected chi connectivity index (χ4v) is 2.03. The van der Waals surface area contributed by atoms with Gasteiger partial charge in [-0.05, 0) is 24.1 Å². The van der Waals surface area contributed by atoms with Crippen LogP contribution >= 0.6 is 0 Å². The molecule has 0 unspecified atom stereocenters. The number of nitrogens with zero attached hydrogens (tertiary/aromatic N) is 2. The Kier molecular flexibility index (Phi) is 3.29. The second-order valence-corrected chi connectivity index (χ2v) is 4.79. The number of rotatable bonds is 3. The molecule has 0 aliphatic rings. The summed E-state index contributed by atoms with van der Waals surface area (Å²) < 4.78 is 1.69. The van der Waals surface area contributed by atoms with Gasteiger partial charge in [0.2, 0.25) is 0 Å². The van der Waals surface area contributed by atoms with E-state index in [9.17, 15) is 9.90 Å². The second kappa shape index (κ2) is 4.76. The van der Waals surface area contributed by atoms with Crippen LogP contribution in [-0.4, -0.2) is 26.0 Å². The van der Waals surface area contributed by atoms with Gasteiger partial charge in [0.1, 0.15) is 5.75 Å². The summed E-state index contributed by atoms with van der Waals surface area (Å²) in [7, 11) is 1.82. The molecule has 5 heteroatoms. The first-order chi connectivity index (χ1) is 8.90. The summed E-state index contributed by atoms with van der Waals surface area (Å²) in [6.45, 7) is 4.04. The van der Waals surface area contributed by atoms with E-state index in [-0.39, 0.29) is 17.2 Å². The van der Waals surface area contributed by atoms with E-state index < -0.39 is 5.97 Å². The standard InChI is InChI=1S/C14H16N2O3/c1-8(2)13-11(7-16(3)15-13)10-5-4-9(14(18)19)6-12(10)17/h4-8,17H,1-3H3,(H,18,19). The van der Waals surface area contributed by atoms with Crippen LogP contribution in [0.4, 0.5) is 0 Å². The lowest BCUT2D eigenvalue weighted by Crippen LogP contribution is -1.96. The molecule has 0 amide bonds. The van der Waals surface area contributed by atoms with Crippen LogP contribution in [0, 0.1) is 0 Å². The lowest BCUT2D eigenvalue weighted by molar-refractivity contribution is 0.0696. The molecule has 0 aliphatic carbocycles. The third-order valence-corrected chi connectivity index (χ3v) is 2.94. The van der Waals surface area contributed by atoms with Gasteiger partial charge in [-0.25, -0.2) is 4.79 Å². The molecule has 0 bridgehead atoms. The molecule has 0 fully saturated rings. The first-order valence-electron chi connectivity index (χ1n) is 6.00. The van der Waals surface area contributed by atoms with Crippen molar-refractivity contribution in [3.63, 3.8) is 0 Å². The number of hydrogen-bond acceptors (Lipinski definition) is 3. The maximum absolute atomic E-state index is 10.9. The van der Waals surface area contributed by atoms with Crippen molar-refractivity contribution in [2.45, 2.75) is 19.8 Å². The van der Waals surface area contributed by atoms with Crippen molar-refractivity contribution in [2.24, 2.45) is 7.05 Å². The Labute approximate surface area is 111 Å². The highest BCUT2D eigenvalue weighted by Gasteiger charge is 2.17. The van der Waals surface area contributed by atoms with Crippen LogP contribution in [-0.2, 0) is 7.05 Å². The Morgan fingerprint density at radius 2 is 2.00 bits per heavy atom. The van der Waals surface area contributed by atoms with Gasteiger partial charge in [-0.1, -0.05) is 13.8 Å². The fraction of sp³-hybridized carbons (Fsp3) is 0.286. The summed E-state index contributed by atoms with van der Waals surface area (Å²) in [5.74, 6) is -0.887. The van der Waals surface area contributed by atoms with Crippen molar-refractivity contribution in [2.75, 3.05) is 0 Å². The summed E-state index contributed by atoms with van der Waals surface area (Å²) in [6.07, 6.45) is 1.82. The monoisotopic (exact) mass is 260 g/mol. The maximum atomic E-state index is 10.9. The summed E-state index contributed by atoms with van der Waals surface area (Å²) in [5, 5.41) is 23.3. The molecule has 0 atom stereocenters. The van der Waals surface area contributed by atoms with E-state index in [1.165, 1.54) is 12.1 Å². The Morgan fingerprint density at radius 3 is 2.53 bits per heavy atom. The molecule has 0 aliphatic heterocycles. The number of aromatic nitrogens is 2. The highest BCUT2D eigenvalue weighted by Crippen LogP contribution is 2.34. The number of carbonyl (C=O) groups is 1. The molecule has 2 N–H and O–H groups in total. The van der Waals surface area contributed by atoms with Gasteiger partial charge >= 0.3 is 5.97 Å². The first-order valence-corrected chi connectivity index (χ1v) is 6.00. The number of benzene rings is 1. The van der Waals surface area contributed by atoms with Crippen molar-refractivity contribution in [1.29, 1.82) is 0 Å². The lowest BCUT2D eigenvalue weighted by Gasteiger charge is -2.08. The molecule has 2 aromatic rings. The molecular formula is C14H16N2O3. The van der Waals surface area contributed by atoms with E-state index in [1.54, 1.807) is 10.7 Å². The van der Waals surface area contributed by atoms with Crippen LogP contribution in [0.15, 0.2) is 24.4 Å². The van der Waals surface area contributed by atoms with E-state index in [4.69, 9.17) is 5.11 Å². The van der Waals surface area contributed by atoms with E-state index in [2.05, 4.69) is 5.10 Å². The zero-order chi connectivity index (χ0) is 14.2. The number of aromatic hydroxyl groups is 1. The van der Waals surface area contributed by atoms with Crippen LogP contribution in [0.3, 0.4) is 0 Å². The fourth-order valence-electron chi connectivity index (χ4n) is 2.03. The topological polar surface area (TPSA) is 75.4 Å². The minimum atomic E-state index is -1.06. The number of carboxylic acids is 1. The zero-order valence-electron chi connectivity index (χ0n) is 11.1.